The molecule has 0 bridgehead atoms. The van der Waals surface area contributed by atoms with Crippen LogP contribution in [-0.2, 0) is 10.0 Å². The summed E-state index contributed by atoms with van der Waals surface area (Å²) < 4.78 is 28.0. The van der Waals surface area contributed by atoms with E-state index in [4.69, 9.17) is 0 Å². The number of phenolic OH excluding ortho intramolecular Hbond substituents is 2. The molecule has 0 saturated carbocycles. The Morgan fingerprint density at radius 3 is 2.38 bits per heavy atom. The SMILES string of the molecule is Cc1ccc(NS(=O)(=O)c2ccc(NN=Cc3ccc(O)cc3O)c([N+](=O)[O-])c2)c(C)c1. The van der Waals surface area contributed by atoms with Crippen molar-refractivity contribution in [1.82, 2.24) is 0 Å². The minimum Gasteiger partial charge on any atom is -0.508 e. The molecule has 3 aromatic rings. The number of aromatic hydroxyl groups is 2. The Kier molecular flexibility index (Phi) is 6.30. The number of nitrogens with one attached hydrogen (secondary N) is 2. The average molecular weight is 456 g/mol. The van der Waals surface area contributed by atoms with Crippen LogP contribution in [0, 0.1) is 24.0 Å². The van der Waals surface area contributed by atoms with Gasteiger partial charge in [-0.25, -0.2) is 8.42 Å². The van der Waals surface area contributed by atoms with Crippen molar-refractivity contribution >= 4 is 33.3 Å². The molecule has 3 aromatic carbocycles. The number of hydrogen-bond donors (Lipinski definition) is 4. The fourth-order valence-corrected chi connectivity index (χ4v) is 4.02. The third kappa shape index (κ3) is 5.13. The van der Waals surface area contributed by atoms with Crippen LogP contribution in [0.4, 0.5) is 17.1 Å². The van der Waals surface area contributed by atoms with E-state index in [-0.39, 0.29) is 27.6 Å². The molecule has 10 nitrogen and oxygen atoms in total. The van der Waals surface area contributed by atoms with Gasteiger partial charge in [0.05, 0.1) is 21.7 Å². The number of phenols is 2. The van der Waals surface area contributed by atoms with Crippen LogP contribution < -0.4 is 10.1 Å². The van der Waals surface area contributed by atoms with Gasteiger partial charge >= 0.3 is 0 Å². The fourth-order valence-electron chi connectivity index (χ4n) is 2.87. The van der Waals surface area contributed by atoms with Gasteiger partial charge < -0.3 is 10.2 Å². The summed E-state index contributed by atoms with van der Waals surface area (Å²) in [6.07, 6.45) is 1.20. The van der Waals surface area contributed by atoms with Crippen LogP contribution >= 0.6 is 0 Å². The molecule has 4 N–H and O–H groups in total. The molecule has 0 aliphatic carbocycles. The van der Waals surface area contributed by atoms with Crippen LogP contribution in [0.15, 0.2) is 64.6 Å². The number of hydrogen-bond acceptors (Lipinski definition) is 8. The Bertz CT molecular complexity index is 1320. The molecule has 0 spiro atoms. The molecule has 0 aliphatic heterocycles. The van der Waals surface area contributed by atoms with Gasteiger partial charge in [-0.3, -0.25) is 20.3 Å². The van der Waals surface area contributed by atoms with Crippen molar-refractivity contribution in [2.24, 2.45) is 5.10 Å². The van der Waals surface area contributed by atoms with Crippen molar-refractivity contribution in [3.63, 3.8) is 0 Å². The lowest BCUT2D eigenvalue weighted by molar-refractivity contribution is -0.384. The minimum atomic E-state index is -4.07. The molecule has 166 valence electrons. The predicted octanol–water partition coefficient (Wildman–Crippen LogP) is 3.87. The quantitative estimate of drug-likeness (QED) is 0.239. The van der Waals surface area contributed by atoms with Gasteiger partial charge in [0.25, 0.3) is 15.7 Å². The summed E-state index contributed by atoms with van der Waals surface area (Å²) in [6.45, 7) is 3.64. The highest BCUT2D eigenvalue weighted by Gasteiger charge is 2.22. The summed E-state index contributed by atoms with van der Waals surface area (Å²) in [6, 6.07) is 12.4. The molecular weight excluding hydrogens is 436 g/mol. The molecule has 0 aromatic heterocycles. The van der Waals surface area contributed by atoms with Gasteiger partial charge in [-0.05, 0) is 49.7 Å². The van der Waals surface area contributed by atoms with Crippen molar-refractivity contribution in [1.29, 1.82) is 0 Å². The second-order valence-corrected chi connectivity index (χ2v) is 8.66. The number of aryl methyl sites for hydroxylation is 2. The molecule has 0 unspecified atom stereocenters. The molecular formula is C21H20N4O6S. The molecule has 0 amide bonds. The van der Waals surface area contributed by atoms with E-state index in [0.717, 1.165) is 17.7 Å². The molecule has 0 radical (unpaired) electrons. The topological polar surface area (TPSA) is 154 Å². The highest BCUT2D eigenvalue weighted by atomic mass is 32.2. The molecule has 0 fully saturated rings. The van der Waals surface area contributed by atoms with Gasteiger partial charge in [0.2, 0.25) is 0 Å². The maximum Gasteiger partial charge on any atom is 0.295 e. The lowest BCUT2D eigenvalue weighted by atomic mass is 10.1. The van der Waals surface area contributed by atoms with Crippen LogP contribution in [0.25, 0.3) is 0 Å². The van der Waals surface area contributed by atoms with E-state index in [0.29, 0.717) is 11.3 Å². The summed E-state index contributed by atoms with van der Waals surface area (Å²) in [5.74, 6) is -0.363. The monoisotopic (exact) mass is 456 g/mol. The highest BCUT2D eigenvalue weighted by Crippen LogP contribution is 2.29. The third-order valence-electron chi connectivity index (χ3n) is 4.51. The van der Waals surface area contributed by atoms with Crippen molar-refractivity contribution in [3.8, 4) is 11.5 Å². The van der Waals surface area contributed by atoms with Gasteiger partial charge in [-0.1, -0.05) is 17.7 Å². The van der Waals surface area contributed by atoms with Gasteiger partial charge in [-0.2, -0.15) is 5.10 Å². The van der Waals surface area contributed by atoms with E-state index in [2.05, 4.69) is 15.2 Å². The average Bonchev–Trinajstić information content (AvgIpc) is 2.71. The number of rotatable bonds is 7. The Labute approximate surface area is 184 Å². The lowest BCUT2D eigenvalue weighted by Gasteiger charge is -2.12. The van der Waals surface area contributed by atoms with E-state index < -0.39 is 20.6 Å². The highest BCUT2D eigenvalue weighted by molar-refractivity contribution is 7.92. The van der Waals surface area contributed by atoms with Crippen LogP contribution in [0.2, 0.25) is 0 Å². The van der Waals surface area contributed by atoms with E-state index >= 15 is 0 Å². The second-order valence-electron chi connectivity index (χ2n) is 6.97. The summed E-state index contributed by atoms with van der Waals surface area (Å²) in [4.78, 5) is 10.5. The molecule has 0 saturated heterocycles. The van der Waals surface area contributed by atoms with Crippen molar-refractivity contribution in [2.75, 3.05) is 10.1 Å². The summed E-state index contributed by atoms with van der Waals surface area (Å²) in [7, 11) is -4.07. The van der Waals surface area contributed by atoms with E-state index in [1.807, 2.05) is 13.0 Å². The first-order chi connectivity index (χ1) is 15.1. The Morgan fingerprint density at radius 2 is 1.72 bits per heavy atom. The largest absolute Gasteiger partial charge is 0.508 e. The van der Waals surface area contributed by atoms with Crippen LogP contribution in [0.5, 0.6) is 11.5 Å². The number of nitro groups is 1. The van der Waals surface area contributed by atoms with Crippen LogP contribution in [0.3, 0.4) is 0 Å². The van der Waals surface area contributed by atoms with E-state index in [1.54, 1.807) is 19.1 Å². The fraction of sp³-hybridized carbons (Fsp3) is 0.0952. The van der Waals surface area contributed by atoms with Crippen LogP contribution in [0.1, 0.15) is 16.7 Å². The first-order valence-electron chi connectivity index (χ1n) is 9.26. The standard InChI is InChI=1S/C21H20N4O6S/c1-13-3-7-18(14(2)9-13)24-32(30,31)17-6-8-19(20(11-17)25(28)29)23-22-12-15-4-5-16(26)10-21(15)27/h3-12,23-24,26-27H,1-2H3. The van der Waals surface area contributed by atoms with Gasteiger partial charge in [0.15, 0.2) is 0 Å². The Hall–Kier alpha value is -4.12. The predicted molar refractivity (Wildman–Crippen MR) is 121 cm³/mol. The second kappa shape index (κ2) is 8.94. The molecule has 32 heavy (non-hydrogen) atoms. The summed E-state index contributed by atoms with van der Waals surface area (Å²) in [5, 5.41) is 34.4. The summed E-state index contributed by atoms with van der Waals surface area (Å²) in [5.41, 5.74) is 4.24. The number of hydrazone groups is 1. The molecule has 0 heterocycles. The van der Waals surface area contributed by atoms with Crippen molar-refractivity contribution in [2.45, 2.75) is 18.7 Å². The van der Waals surface area contributed by atoms with Crippen LogP contribution in [-0.4, -0.2) is 29.8 Å². The van der Waals surface area contributed by atoms with E-state index in [1.165, 1.54) is 30.5 Å². The first-order valence-corrected chi connectivity index (χ1v) is 10.7. The van der Waals surface area contributed by atoms with Crippen molar-refractivity contribution < 1.29 is 23.6 Å². The first kappa shape index (κ1) is 22.6. The number of nitro benzene ring substituents is 1. The minimum absolute atomic E-state index is 0.0463. The molecule has 0 aliphatic rings. The number of nitrogens with zero attached hydrogens (tertiary/aromatic N) is 2. The molecule has 3 rings (SSSR count). The zero-order valence-electron chi connectivity index (χ0n) is 17.1. The van der Waals surface area contributed by atoms with Crippen molar-refractivity contribution in [3.05, 3.63) is 81.4 Å². The Morgan fingerprint density at radius 1 is 1.00 bits per heavy atom. The number of sulfonamides is 1. The van der Waals surface area contributed by atoms with Gasteiger partial charge in [0.1, 0.15) is 17.2 Å². The maximum absolute atomic E-state index is 12.8. The van der Waals surface area contributed by atoms with E-state index in [9.17, 15) is 28.7 Å². The lowest BCUT2D eigenvalue weighted by Crippen LogP contribution is -2.14. The number of benzene rings is 3. The maximum atomic E-state index is 12.8. The zero-order chi connectivity index (χ0) is 23.5. The Balaban J connectivity index is 1.86. The number of anilines is 2. The smallest absolute Gasteiger partial charge is 0.295 e. The third-order valence-corrected chi connectivity index (χ3v) is 5.87. The normalized spacial score (nSPS) is 11.4. The zero-order valence-corrected chi connectivity index (χ0v) is 17.9. The summed E-state index contributed by atoms with van der Waals surface area (Å²) >= 11 is 0. The van der Waals surface area contributed by atoms with Gasteiger partial charge in [0, 0.05) is 17.7 Å². The van der Waals surface area contributed by atoms with Gasteiger partial charge in [-0.15, -0.1) is 0 Å². The molecule has 0 atom stereocenters. The molecule has 11 heteroatoms.